The molecule has 0 spiro atoms. The number of nitrogens with zero attached hydrogens (tertiary/aromatic N) is 1. The Morgan fingerprint density at radius 2 is 1.55 bits per heavy atom. The van der Waals surface area contributed by atoms with Crippen LogP contribution in [-0.2, 0) is 11.0 Å². The first kappa shape index (κ1) is 31.1. The number of amides is 2. The number of rotatable bonds is 13. The van der Waals surface area contributed by atoms with Crippen molar-refractivity contribution < 1.29 is 27.5 Å². The Hall–Kier alpha value is -3.46. The second-order valence-corrected chi connectivity index (χ2v) is 10.5. The number of esters is 1. The quantitative estimate of drug-likeness (QED) is 0.126. The minimum Gasteiger partial charge on any atom is -0.427 e. The molecule has 3 aromatic carbocycles. The summed E-state index contributed by atoms with van der Waals surface area (Å²) in [6, 6.07) is 18.8. The predicted molar refractivity (Wildman–Crippen MR) is 154 cm³/mol. The lowest BCUT2D eigenvalue weighted by atomic mass is 10.1. The number of ether oxygens (including phenoxy) is 1. The molecule has 0 aromatic heterocycles. The number of benzene rings is 3. The monoisotopic (exact) mass is 572 g/mol. The molecule has 2 amide bonds. The maximum Gasteiger partial charge on any atom is 0.416 e. The van der Waals surface area contributed by atoms with Gasteiger partial charge in [-0.1, -0.05) is 57.4 Å². The fraction of sp³-hybridized carbons (Fsp3) is 0.355. The van der Waals surface area contributed by atoms with Crippen molar-refractivity contribution in [1.82, 2.24) is 0 Å². The molecule has 3 rings (SSSR count). The van der Waals surface area contributed by atoms with Crippen molar-refractivity contribution in [3.05, 3.63) is 78.4 Å². The third kappa shape index (κ3) is 9.93. The molecule has 1 N–H and O–H groups in total. The van der Waals surface area contributed by atoms with E-state index in [4.69, 9.17) is 4.74 Å². The highest BCUT2D eigenvalue weighted by Crippen LogP contribution is 2.33. The average Bonchev–Trinajstić information content (AvgIpc) is 2.92. The van der Waals surface area contributed by atoms with Crippen molar-refractivity contribution in [2.24, 2.45) is 0 Å². The Morgan fingerprint density at radius 3 is 2.20 bits per heavy atom. The van der Waals surface area contributed by atoms with E-state index in [0.29, 0.717) is 30.1 Å². The number of carbonyl (C=O) groups excluding carboxylic acids is 2. The molecule has 3 aromatic rings. The molecule has 0 fully saturated rings. The molecule has 214 valence electrons. The van der Waals surface area contributed by atoms with Gasteiger partial charge in [-0.15, -0.1) is 0 Å². The summed E-state index contributed by atoms with van der Waals surface area (Å²) in [7, 11) is 0. The molecule has 0 saturated heterocycles. The van der Waals surface area contributed by atoms with Crippen LogP contribution in [0.25, 0.3) is 0 Å². The summed E-state index contributed by atoms with van der Waals surface area (Å²) in [5, 5.41) is 2.74. The Bertz CT molecular complexity index is 1230. The number of carbonyl (C=O) groups is 2. The van der Waals surface area contributed by atoms with Crippen LogP contribution in [0.2, 0.25) is 0 Å². The van der Waals surface area contributed by atoms with E-state index in [0.717, 1.165) is 60.4 Å². The van der Waals surface area contributed by atoms with Crippen molar-refractivity contribution in [2.45, 2.75) is 74.8 Å². The fourth-order valence-electron chi connectivity index (χ4n) is 3.97. The largest absolute Gasteiger partial charge is 0.427 e. The van der Waals surface area contributed by atoms with Crippen LogP contribution in [0, 0.1) is 0 Å². The molecule has 0 aliphatic rings. The number of anilines is 2. The standard InChI is InChI=1S/C31H35F3N2O3S/c1-3-5-6-7-8-21-36(30(38)35-24-15-13-23(14-16-24)31(32,33)34)25-11-9-12-28(22-25)40-27-19-17-26(18-20-27)39-29(37)10-4-2/h9,11-20,22H,3-8,10,21H2,1-2H3,(H,35,38). The van der Waals surface area contributed by atoms with E-state index in [-0.39, 0.29) is 5.97 Å². The zero-order chi connectivity index (χ0) is 29.0. The van der Waals surface area contributed by atoms with Crippen LogP contribution in [-0.4, -0.2) is 18.5 Å². The summed E-state index contributed by atoms with van der Waals surface area (Å²) in [5.41, 5.74) is 0.212. The third-order valence-corrected chi connectivity index (χ3v) is 7.07. The van der Waals surface area contributed by atoms with Crippen LogP contribution in [0.15, 0.2) is 82.6 Å². The van der Waals surface area contributed by atoms with Gasteiger partial charge in [-0.2, -0.15) is 13.2 Å². The molecule has 0 radical (unpaired) electrons. The first-order chi connectivity index (χ1) is 19.2. The van der Waals surface area contributed by atoms with Crippen molar-refractivity contribution in [3.63, 3.8) is 0 Å². The Kier molecular flexibility index (Phi) is 11.9. The van der Waals surface area contributed by atoms with E-state index in [2.05, 4.69) is 12.2 Å². The molecule has 0 atom stereocenters. The van der Waals surface area contributed by atoms with E-state index in [1.54, 1.807) is 17.0 Å². The molecule has 0 aliphatic heterocycles. The van der Waals surface area contributed by atoms with E-state index in [1.807, 2.05) is 43.3 Å². The predicted octanol–water partition coefficient (Wildman–Crippen LogP) is 9.57. The van der Waals surface area contributed by atoms with Gasteiger partial charge in [-0.05, 0) is 79.6 Å². The van der Waals surface area contributed by atoms with Crippen LogP contribution in [0.1, 0.15) is 64.4 Å². The molecular weight excluding hydrogens is 537 g/mol. The number of unbranched alkanes of at least 4 members (excludes halogenated alkanes) is 4. The van der Waals surface area contributed by atoms with Crippen LogP contribution >= 0.6 is 11.8 Å². The molecule has 0 bridgehead atoms. The van der Waals surface area contributed by atoms with E-state index >= 15 is 0 Å². The van der Waals surface area contributed by atoms with Gasteiger partial charge in [0.05, 0.1) is 5.56 Å². The third-order valence-electron chi connectivity index (χ3n) is 6.07. The van der Waals surface area contributed by atoms with Crippen molar-refractivity contribution in [2.75, 3.05) is 16.8 Å². The highest BCUT2D eigenvalue weighted by Gasteiger charge is 2.30. The van der Waals surface area contributed by atoms with E-state index in [1.165, 1.54) is 23.9 Å². The highest BCUT2D eigenvalue weighted by atomic mass is 32.2. The fourth-order valence-corrected chi connectivity index (χ4v) is 4.84. The SMILES string of the molecule is CCCCCCCN(C(=O)Nc1ccc(C(F)(F)F)cc1)c1cccc(Sc2ccc(OC(=O)CCC)cc2)c1. The van der Waals surface area contributed by atoms with Gasteiger partial charge < -0.3 is 10.1 Å². The van der Waals surface area contributed by atoms with Gasteiger partial charge in [0.2, 0.25) is 0 Å². The number of halogens is 3. The smallest absolute Gasteiger partial charge is 0.416 e. The number of hydrogen-bond acceptors (Lipinski definition) is 4. The van der Waals surface area contributed by atoms with Gasteiger partial charge in [0, 0.05) is 34.1 Å². The summed E-state index contributed by atoms with van der Waals surface area (Å²) in [5.74, 6) is 0.227. The van der Waals surface area contributed by atoms with Crippen LogP contribution in [0.4, 0.5) is 29.3 Å². The number of nitrogens with one attached hydrogen (secondary N) is 1. The maximum atomic E-state index is 13.3. The maximum absolute atomic E-state index is 13.3. The van der Waals surface area contributed by atoms with Crippen molar-refractivity contribution >= 4 is 35.1 Å². The summed E-state index contributed by atoms with van der Waals surface area (Å²) in [4.78, 5) is 28.5. The molecule has 40 heavy (non-hydrogen) atoms. The van der Waals surface area contributed by atoms with Gasteiger partial charge in [0.15, 0.2) is 0 Å². The Morgan fingerprint density at radius 1 is 0.850 bits per heavy atom. The van der Waals surface area contributed by atoms with Crippen molar-refractivity contribution in [3.8, 4) is 5.75 Å². The van der Waals surface area contributed by atoms with Crippen LogP contribution in [0.3, 0.4) is 0 Å². The first-order valence-corrected chi connectivity index (χ1v) is 14.4. The van der Waals surface area contributed by atoms with Gasteiger partial charge in [-0.25, -0.2) is 4.79 Å². The van der Waals surface area contributed by atoms with E-state index in [9.17, 15) is 22.8 Å². The molecule has 0 saturated carbocycles. The van der Waals surface area contributed by atoms with Crippen molar-refractivity contribution in [1.29, 1.82) is 0 Å². The summed E-state index contributed by atoms with van der Waals surface area (Å²) >= 11 is 1.51. The second kappa shape index (κ2) is 15.4. The molecular formula is C31H35F3N2O3S. The lowest BCUT2D eigenvalue weighted by Gasteiger charge is -2.24. The molecule has 9 heteroatoms. The van der Waals surface area contributed by atoms with Gasteiger partial charge in [0.1, 0.15) is 5.75 Å². The van der Waals surface area contributed by atoms with E-state index < -0.39 is 17.8 Å². The molecule has 0 aliphatic carbocycles. The minimum atomic E-state index is -4.44. The van der Waals surface area contributed by atoms with Gasteiger partial charge in [0.25, 0.3) is 0 Å². The normalized spacial score (nSPS) is 11.2. The molecule has 0 heterocycles. The highest BCUT2D eigenvalue weighted by molar-refractivity contribution is 7.99. The first-order valence-electron chi connectivity index (χ1n) is 13.5. The van der Waals surface area contributed by atoms with Crippen LogP contribution < -0.4 is 15.0 Å². The van der Waals surface area contributed by atoms with Gasteiger partial charge in [-0.3, -0.25) is 9.69 Å². The lowest BCUT2D eigenvalue weighted by Crippen LogP contribution is -2.35. The minimum absolute atomic E-state index is 0.264. The summed E-state index contributed by atoms with van der Waals surface area (Å²) in [6.07, 6.45) is 1.74. The molecule has 5 nitrogen and oxygen atoms in total. The molecule has 0 unspecified atom stereocenters. The van der Waals surface area contributed by atoms with Gasteiger partial charge >= 0.3 is 18.2 Å². The number of hydrogen-bond donors (Lipinski definition) is 1. The average molecular weight is 573 g/mol. The summed E-state index contributed by atoms with van der Waals surface area (Å²) < 4.78 is 44.1. The Balaban J connectivity index is 1.73. The second-order valence-electron chi connectivity index (χ2n) is 9.37. The number of alkyl halides is 3. The summed E-state index contributed by atoms with van der Waals surface area (Å²) in [6.45, 7) is 4.53. The lowest BCUT2D eigenvalue weighted by molar-refractivity contribution is -0.137. The Labute approximate surface area is 238 Å². The number of urea groups is 1. The zero-order valence-electron chi connectivity index (χ0n) is 22.8. The van der Waals surface area contributed by atoms with Crippen LogP contribution in [0.5, 0.6) is 5.75 Å². The zero-order valence-corrected chi connectivity index (χ0v) is 23.6. The topological polar surface area (TPSA) is 58.6 Å².